The molecule has 2 unspecified atom stereocenters. The van der Waals surface area contributed by atoms with E-state index < -0.39 is 64.4 Å². The number of carbonyl (C=O) groups excluding carboxylic acids is 5. The van der Waals surface area contributed by atoms with Gasteiger partial charge in [0, 0.05) is 29.1 Å². The summed E-state index contributed by atoms with van der Waals surface area (Å²) in [6, 6.07) is 0.340. The highest BCUT2D eigenvalue weighted by Crippen LogP contribution is 2.52. The molecule has 6 atom stereocenters. The van der Waals surface area contributed by atoms with Crippen LogP contribution in [-0.4, -0.2) is 94.5 Å². The molecule has 0 bridgehead atoms. The van der Waals surface area contributed by atoms with Gasteiger partial charge in [0.15, 0.2) is 34.7 Å². The summed E-state index contributed by atoms with van der Waals surface area (Å²) in [6.45, 7) is 4.81. The highest BCUT2D eigenvalue weighted by atomic mass is 16.5. The van der Waals surface area contributed by atoms with Gasteiger partial charge in [0.25, 0.3) is 0 Å². The summed E-state index contributed by atoms with van der Waals surface area (Å²) in [6.07, 6.45) is 2.46. The van der Waals surface area contributed by atoms with E-state index in [1.807, 2.05) is 7.05 Å². The van der Waals surface area contributed by atoms with E-state index in [2.05, 4.69) is 18.7 Å². The molecule has 0 saturated heterocycles. The fourth-order valence-electron chi connectivity index (χ4n) is 7.65. The number of Topliss-reactive ketones (excluding diaryl/α,β-unsaturated/α-hetero) is 4. The number of primary amides is 1. The van der Waals surface area contributed by atoms with Gasteiger partial charge in [-0.05, 0) is 78.6 Å². The van der Waals surface area contributed by atoms with Crippen LogP contribution in [0, 0.1) is 29.6 Å². The first kappa shape index (κ1) is 29.3. The van der Waals surface area contributed by atoms with Crippen LogP contribution in [0.1, 0.15) is 54.6 Å². The minimum absolute atomic E-state index is 0.00729. The van der Waals surface area contributed by atoms with Crippen molar-refractivity contribution in [2.45, 2.75) is 63.3 Å². The van der Waals surface area contributed by atoms with Crippen LogP contribution in [0.25, 0.3) is 0 Å². The number of ketones is 4. The number of methoxy groups -OCH3 is 1. The van der Waals surface area contributed by atoms with Gasteiger partial charge in [0.1, 0.15) is 11.5 Å². The summed E-state index contributed by atoms with van der Waals surface area (Å²) < 4.78 is 5.81. The Morgan fingerprint density at radius 1 is 1.15 bits per heavy atom. The van der Waals surface area contributed by atoms with Gasteiger partial charge in [-0.1, -0.05) is 0 Å². The Morgan fingerprint density at radius 3 is 2.32 bits per heavy atom. The monoisotopic (exact) mass is 569 g/mol. The molecule has 3 saturated carbocycles. The summed E-state index contributed by atoms with van der Waals surface area (Å²) >= 11 is 0. The zero-order valence-corrected chi connectivity index (χ0v) is 24.4. The number of hydrogen-bond acceptors (Lipinski definition) is 10. The van der Waals surface area contributed by atoms with E-state index in [1.165, 1.54) is 18.1 Å². The Hall–Kier alpha value is -3.15. The van der Waals surface area contributed by atoms with Gasteiger partial charge in [-0.25, -0.2) is 0 Å². The summed E-state index contributed by atoms with van der Waals surface area (Å²) in [5.74, 6) is -9.63. The van der Waals surface area contributed by atoms with Crippen molar-refractivity contribution in [2.75, 3.05) is 28.3 Å². The van der Waals surface area contributed by atoms with Crippen LogP contribution >= 0.6 is 0 Å². The molecule has 4 N–H and O–H groups in total. The van der Waals surface area contributed by atoms with Gasteiger partial charge in [-0.2, -0.15) is 0 Å². The van der Waals surface area contributed by atoms with E-state index in [0.717, 1.165) is 12.8 Å². The lowest BCUT2D eigenvalue weighted by Gasteiger charge is -2.52. The van der Waals surface area contributed by atoms with Gasteiger partial charge in [0.2, 0.25) is 5.91 Å². The minimum Gasteiger partial charge on any atom is -0.507 e. The van der Waals surface area contributed by atoms with E-state index in [1.54, 1.807) is 14.1 Å². The number of ether oxygens (including phenoxy) is 1. The minimum atomic E-state index is -2.74. The van der Waals surface area contributed by atoms with E-state index in [-0.39, 0.29) is 29.7 Å². The van der Waals surface area contributed by atoms with Crippen LogP contribution in [0.4, 0.5) is 0 Å². The zero-order chi connectivity index (χ0) is 30.3. The molecular weight excluding hydrogens is 530 g/mol. The normalized spacial score (nSPS) is 31.7. The number of hydrogen-bond donors (Lipinski definition) is 3. The number of phenols is 1. The number of aromatic hydroxyl groups is 1. The van der Waals surface area contributed by atoms with Crippen molar-refractivity contribution in [1.29, 1.82) is 0 Å². The first-order chi connectivity index (χ1) is 19.1. The van der Waals surface area contributed by atoms with Crippen molar-refractivity contribution in [3.8, 4) is 11.5 Å². The molecule has 0 radical (unpaired) electrons. The van der Waals surface area contributed by atoms with E-state index in [4.69, 9.17) is 10.5 Å². The molecule has 4 aliphatic carbocycles. The standard InChI is InChI=1S/C30H39N3O8/c1-29(2,15-7-8-15)33(5)12-14-11-18(34)20-16(25(14)41-6)9-13-10-17-22(32(3)4)24(36)21(28(31)39)27(38)30(17,40)26(37)19(13)23(20)35/h11,13,15,17,19,21-22,34,40H,7-10,12H2,1-6H3,(H2,31,39)/t13-,17-,19?,21?,22-,30-/m0/s1. The van der Waals surface area contributed by atoms with Crippen molar-refractivity contribution < 1.29 is 38.9 Å². The van der Waals surface area contributed by atoms with Gasteiger partial charge in [-0.3, -0.25) is 33.8 Å². The third-order valence-corrected chi connectivity index (χ3v) is 10.3. The first-order valence-electron chi connectivity index (χ1n) is 14.1. The van der Waals surface area contributed by atoms with Gasteiger partial charge >= 0.3 is 0 Å². The van der Waals surface area contributed by atoms with Crippen molar-refractivity contribution in [1.82, 2.24) is 9.80 Å². The summed E-state index contributed by atoms with van der Waals surface area (Å²) in [4.78, 5) is 70.3. The molecule has 11 heteroatoms. The molecule has 0 heterocycles. The molecule has 5 rings (SSSR count). The molecule has 0 spiro atoms. The number of phenolic OH excluding ortho intramolecular Hbond substituents is 1. The lowest BCUT2D eigenvalue weighted by Crippen LogP contribution is -2.74. The van der Waals surface area contributed by atoms with Crippen LogP contribution in [0.5, 0.6) is 11.5 Å². The predicted molar refractivity (Wildman–Crippen MR) is 146 cm³/mol. The smallest absolute Gasteiger partial charge is 0.235 e. The zero-order valence-electron chi connectivity index (χ0n) is 24.4. The topological polar surface area (TPSA) is 168 Å². The number of likely N-dealkylation sites (N-methyl/N-ethyl adjacent to an activating group) is 1. The molecule has 41 heavy (non-hydrogen) atoms. The van der Waals surface area contributed by atoms with Crippen LogP contribution in [-0.2, 0) is 32.1 Å². The van der Waals surface area contributed by atoms with Crippen molar-refractivity contribution in [3.05, 3.63) is 22.8 Å². The number of benzene rings is 1. The van der Waals surface area contributed by atoms with Crippen molar-refractivity contribution >= 4 is 29.0 Å². The third-order valence-electron chi connectivity index (χ3n) is 10.3. The fourth-order valence-corrected chi connectivity index (χ4v) is 7.65. The van der Waals surface area contributed by atoms with Gasteiger partial charge < -0.3 is 20.7 Å². The Kier molecular flexibility index (Phi) is 6.95. The van der Waals surface area contributed by atoms with Crippen LogP contribution in [0.3, 0.4) is 0 Å². The molecule has 0 aliphatic heterocycles. The molecule has 3 fully saturated rings. The Labute approximate surface area is 239 Å². The van der Waals surface area contributed by atoms with Crippen LogP contribution < -0.4 is 10.5 Å². The van der Waals surface area contributed by atoms with E-state index in [9.17, 15) is 34.2 Å². The maximum Gasteiger partial charge on any atom is 0.235 e. The third kappa shape index (κ3) is 4.15. The average molecular weight is 570 g/mol. The maximum absolute atomic E-state index is 14.0. The van der Waals surface area contributed by atoms with E-state index in [0.29, 0.717) is 29.3 Å². The second-order valence-corrected chi connectivity index (χ2v) is 13.0. The predicted octanol–water partition coefficient (Wildman–Crippen LogP) is 0.496. The molecule has 1 aromatic rings. The molecule has 1 aromatic carbocycles. The quantitative estimate of drug-likeness (QED) is 0.393. The lowest BCUT2D eigenvalue weighted by molar-refractivity contribution is -0.181. The van der Waals surface area contributed by atoms with Crippen LogP contribution in [0.2, 0.25) is 0 Å². The molecule has 222 valence electrons. The van der Waals surface area contributed by atoms with Gasteiger partial charge in [0.05, 0.1) is 24.6 Å². The molecule has 11 nitrogen and oxygen atoms in total. The maximum atomic E-state index is 14.0. The van der Waals surface area contributed by atoms with Crippen molar-refractivity contribution in [3.63, 3.8) is 0 Å². The number of carbonyl (C=O) groups is 5. The molecular formula is C30H39N3O8. The number of amides is 1. The largest absolute Gasteiger partial charge is 0.507 e. The van der Waals surface area contributed by atoms with Gasteiger partial charge in [-0.15, -0.1) is 0 Å². The number of fused-ring (bicyclic) bond motifs is 3. The first-order valence-corrected chi connectivity index (χ1v) is 14.1. The van der Waals surface area contributed by atoms with Crippen molar-refractivity contribution in [2.24, 2.45) is 35.3 Å². The highest BCUT2D eigenvalue weighted by Gasteiger charge is 2.69. The second-order valence-electron chi connectivity index (χ2n) is 13.0. The molecule has 0 aromatic heterocycles. The van der Waals surface area contributed by atoms with E-state index >= 15 is 0 Å². The number of nitrogens with two attached hydrogens (primary N) is 1. The summed E-state index contributed by atoms with van der Waals surface area (Å²) in [7, 11) is 6.62. The number of rotatable bonds is 7. The molecule has 4 aliphatic rings. The SMILES string of the molecule is COc1c(CN(C)C(C)(C)C2CC2)cc(O)c2c1C[C@H]1C[C@H]3[C@H](N(C)C)C(=O)C(C(N)=O)C(=O)[C@@]3(O)C(=O)C1C2=O. The highest BCUT2D eigenvalue weighted by molar-refractivity contribution is 6.32. The average Bonchev–Trinajstić information content (AvgIpc) is 3.72. The lowest BCUT2D eigenvalue weighted by atomic mass is 9.52. The number of nitrogens with zero attached hydrogens (tertiary/aromatic N) is 2. The second kappa shape index (κ2) is 9.71. The van der Waals surface area contributed by atoms with Crippen LogP contribution in [0.15, 0.2) is 6.07 Å². The molecule has 1 amide bonds. The summed E-state index contributed by atoms with van der Waals surface area (Å²) in [5, 5.41) is 22.8. The number of aliphatic hydroxyl groups is 1. The Morgan fingerprint density at radius 2 is 1.78 bits per heavy atom. The Bertz CT molecular complexity index is 1370. The summed E-state index contributed by atoms with van der Waals surface area (Å²) in [5.41, 5.74) is 3.64. The Balaban J connectivity index is 1.58. The fraction of sp³-hybridized carbons (Fsp3) is 0.633.